The van der Waals surface area contributed by atoms with E-state index in [1.54, 1.807) is 0 Å². The molecule has 0 spiro atoms. The lowest BCUT2D eigenvalue weighted by Gasteiger charge is -2.33. The molecule has 1 aromatic carbocycles. The molecule has 20 heavy (non-hydrogen) atoms. The van der Waals surface area contributed by atoms with Gasteiger partial charge in [0.25, 0.3) is 0 Å². The Morgan fingerprint density at radius 3 is 2.75 bits per heavy atom. The normalized spacial score (nSPS) is 16.2. The Kier molecular flexibility index (Phi) is 5.01. The number of rotatable bonds is 4. The zero-order valence-electron chi connectivity index (χ0n) is 12.7. The molecule has 4 heteroatoms. The van der Waals surface area contributed by atoms with Crippen LogP contribution in [-0.2, 0) is 11.3 Å². The SMILES string of the molecule is CCN(CC)C(=O)C(C)N1CCNCc2ccccc21. The van der Waals surface area contributed by atoms with Crippen LogP contribution in [0.2, 0.25) is 0 Å². The van der Waals surface area contributed by atoms with Crippen LogP contribution in [0.25, 0.3) is 0 Å². The van der Waals surface area contributed by atoms with Crippen molar-refractivity contribution < 1.29 is 4.79 Å². The highest BCUT2D eigenvalue weighted by Gasteiger charge is 2.27. The molecule has 1 aliphatic heterocycles. The van der Waals surface area contributed by atoms with Crippen molar-refractivity contribution in [3.8, 4) is 0 Å². The van der Waals surface area contributed by atoms with E-state index in [2.05, 4.69) is 28.4 Å². The Morgan fingerprint density at radius 2 is 2.05 bits per heavy atom. The fourth-order valence-corrected chi connectivity index (χ4v) is 2.82. The summed E-state index contributed by atoms with van der Waals surface area (Å²) in [7, 11) is 0. The average molecular weight is 275 g/mol. The van der Waals surface area contributed by atoms with Crippen LogP contribution in [0.3, 0.4) is 0 Å². The van der Waals surface area contributed by atoms with Crippen LogP contribution >= 0.6 is 0 Å². The number of amides is 1. The summed E-state index contributed by atoms with van der Waals surface area (Å²) >= 11 is 0. The van der Waals surface area contributed by atoms with Crippen molar-refractivity contribution in [2.75, 3.05) is 31.1 Å². The van der Waals surface area contributed by atoms with E-state index >= 15 is 0 Å². The lowest BCUT2D eigenvalue weighted by Crippen LogP contribution is -2.48. The predicted octanol–water partition coefficient (Wildman–Crippen LogP) is 1.85. The topological polar surface area (TPSA) is 35.6 Å². The van der Waals surface area contributed by atoms with Crippen molar-refractivity contribution in [3.63, 3.8) is 0 Å². The lowest BCUT2D eigenvalue weighted by atomic mass is 10.1. The first kappa shape index (κ1) is 14.9. The summed E-state index contributed by atoms with van der Waals surface area (Å²) in [5.41, 5.74) is 2.45. The molecule has 1 amide bonds. The minimum Gasteiger partial charge on any atom is -0.358 e. The van der Waals surface area contributed by atoms with Gasteiger partial charge in [0.15, 0.2) is 0 Å². The maximum Gasteiger partial charge on any atom is 0.244 e. The number of anilines is 1. The summed E-state index contributed by atoms with van der Waals surface area (Å²) in [4.78, 5) is 16.7. The van der Waals surface area contributed by atoms with E-state index in [0.29, 0.717) is 0 Å². The van der Waals surface area contributed by atoms with Gasteiger partial charge < -0.3 is 15.1 Å². The third-order valence-electron chi connectivity index (χ3n) is 4.05. The Hall–Kier alpha value is -1.55. The molecule has 0 fully saturated rings. The Labute approximate surface area is 121 Å². The standard InChI is InChI=1S/C16H25N3O/c1-4-18(5-2)16(20)13(3)19-11-10-17-12-14-8-6-7-9-15(14)19/h6-9,13,17H,4-5,10-12H2,1-3H3. The highest BCUT2D eigenvalue weighted by atomic mass is 16.2. The largest absolute Gasteiger partial charge is 0.358 e. The number of likely N-dealkylation sites (N-methyl/N-ethyl adjacent to an activating group) is 1. The summed E-state index contributed by atoms with van der Waals surface area (Å²) < 4.78 is 0. The molecular weight excluding hydrogens is 250 g/mol. The molecule has 1 atom stereocenters. The fourth-order valence-electron chi connectivity index (χ4n) is 2.82. The molecule has 0 saturated heterocycles. The molecule has 0 bridgehead atoms. The van der Waals surface area contributed by atoms with Crippen molar-refractivity contribution in [2.45, 2.75) is 33.4 Å². The van der Waals surface area contributed by atoms with Gasteiger partial charge in [-0.05, 0) is 32.4 Å². The molecule has 110 valence electrons. The first-order valence-corrected chi connectivity index (χ1v) is 7.53. The summed E-state index contributed by atoms with van der Waals surface area (Å²) in [5, 5.41) is 3.42. The molecule has 1 unspecified atom stereocenters. The van der Waals surface area contributed by atoms with E-state index in [9.17, 15) is 4.79 Å². The maximum absolute atomic E-state index is 12.6. The Balaban J connectivity index is 2.25. The Morgan fingerprint density at radius 1 is 1.35 bits per heavy atom. The molecule has 1 heterocycles. The third kappa shape index (κ3) is 2.96. The third-order valence-corrected chi connectivity index (χ3v) is 4.05. The number of para-hydroxylation sites is 1. The van der Waals surface area contributed by atoms with Gasteiger partial charge in [-0.2, -0.15) is 0 Å². The minimum absolute atomic E-state index is 0.115. The van der Waals surface area contributed by atoms with Crippen LogP contribution in [0.5, 0.6) is 0 Å². The summed E-state index contributed by atoms with van der Waals surface area (Å²) in [6, 6.07) is 8.24. The fraction of sp³-hybridized carbons (Fsp3) is 0.562. The van der Waals surface area contributed by atoms with Crippen molar-refractivity contribution in [1.29, 1.82) is 0 Å². The van der Waals surface area contributed by atoms with E-state index in [1.165, 1.54) is 11.3 Å². The Bertz CT molecular complexity index is 457. The molecular formula is C16H25N3O. The first-order chi connectivity index (χ1) is 9.69. The highest BCUT2D eigenvalue weighted by Crippen LogP contribution is 2.24. The molecule has 1 aliphatic rings. The molecule has 0 radical (unpaired) electrons. The number of carbonyl (C=O) groups excluding carboxylic acids is 1. The second kappa shape index (κ2) is 6.75. The molecule has 1 aromatic rings. The van der Waals surface area contributed by atoms with Crippen LogP contribution < -0.4 is 10.2 Å². The van der Waals surface area contributed by atoms with Crippen LogP contribution in [0.1, 0.15) is 26.3 Å². The number of fused-ring (bicyclic) bond motifs is 1. The molecule has 0 aliphatic carbocycles. The van der Waals surface area contributed by atoms with Crippen molar-refractivity contribution in [3.05, 3.63) is 29.8 Å². The zero-order valence-corrected chi connectivity index (χ0v) is 12.7. The van der Waals surface area contributed by atoms with E-state index < -0.39 is 0 Å². The minimum atomic E-state index is -0.115. The number of benzene rings is 1. The molecule has 0 saturated carbocycles. The van der Waals surface area contributed by atoms with Gasteiger partial charge in [-0.25, -0.2) is 0 Å². The van der Waals surface area contributed by atoms with Gasteiger partial charge in [-0.3, -0.25) is 4.79 Å². The van der Waals surface area contributed by atoms with Crippen molar-refractivity contribution in [1.82, 2.24) is 10.2 Å². The van der Waals surface area contributed by atoms with E-state index in [0.717, 1.165) is 32.7 Å². The zero-order chi connectivity index (χ0) is 14.5. The van der Waals surface area contributed by atoms with Gasteiger partial charge in [0.1, 0.15) is 6.04 Å². The van der Waals surface area contributed by atoms with E-state index in [1.807, 2.05) is 31.7 Å². The summed E-state index contributed by atoms with van der Waals surface area (Å²) in [6.45, 7) is 10.3. The average Bonchev–Trinajstić information content (AvgIpc) is 2.70. The van der Waals surface area contributed by atoms with Crippen molar-refractivity contribution >= 4 is 11.6 Å². The van der Waals surface area contributed by atoms with Crippen molar-refractivity contribution in [2.24, 2.45) is 0 Å². The smallest absolute Gasteiger partial charge is 0.244 e. The van der Waals surface area contributed by atoms with Crippen LogP contribution in [0.15, 0.2) is 24.3 Å². The second-order valence-electron chi connectivity index (χ2n) is 5.19. The van der Waals surface area contributed by atoms with E-state index in [-0.39, 0.29) is 11.9 Å². The first-order valence-electron chi connectivity index (χ1n) is 7.53. The predicted molar refractivity (Wildman–Crippen MR) is 82.9 cm³/mol. The number of nitrogens with one attached hydrogen (secondary N) is 1. The van der Waals surface area contributed by atoms with Crippen LogP contribution in [0, 0.1) is 0 Å². The molecule has 4 nitrogen and oxygen atoms in total. The summed E-state index contributed by atoms with van der Waals surface area (Å²) in [5.74, 6) is 0.215. The quantitative estimate of drug-likeness (QED) is 0.911. The number of nitrogens with zero attached hydrogens (tertiary/aromatic N) is 2. The van der Waals surface area contributed by atoms with Gasteiger partial charge in [0.2, 0.25) is 5.91 Å². The molecule has 2 rings (SSSR count). The van der Waals surface area contributed by atoms with Crippen LogP contribution in [-0.4, -0.2) is 43.0 Å². The number of hydrogen-bond acceptors (Lipinski definition) is 3. The summed E-state index contributed by atoms with van der Waals surface area (Å²) in [6.07, 6.45) is 0. The van der Waals surface area contributed by atoms with Gasteiger partial charge >= 0.3 is 0 Å². The molecule has 0 aromatic heterocycles. The van der Waals surface area contributed by atoms with E-state index in [4.69, 9.17) is 0 Å². The van der Waals surface area contributed by atoms with Gasteiger partial charge in [0, 0.05) is 38.4 Å². The lowest BCUT2D eigenvalue weighted by molar-refractivity contribution is -0.131. The highest BCUT2D eigenvalue weighted by molar-refractivity contribution is 5.85. The maximum atomic E-state index is 12.6. The van der Waals surface area contributed by atoms with Gasteiger partial charge in [-0.15, -0.1) is 0 Å². The van der Waals surface area contributed by atoms with Crippen LogP contribution in [0.4, 0.5) is 5.69 Å². The van der Waals surface area contributed by atoms with Gasteiger partial charge in [-0.1, -0.05) is 18.2 Å². The second-order valence-corrected chi connectivity index (χ2v) is 5.19. The molecule has 1 N–H and O–H groups in total. The number of carbonyl (C=O) groups is 1. The van der Waals surface area contributed by atoms with Gasteiger partial charge in [0.05, 0.1) is 0 Å². The monoisotopic (exact) mass is 275 g/mol. The number of hydrogen-bond donors (Lipinski definition) is 1.